The quantitative estimate of drug-likeness (QED) is 0.782. The Balaban J connectivity index is 1.48. The van der Waals surface area contributed by atoms with Crippen molar-refractivity contribution >= 4 is 16.9 Å². The van der Waals surface area contributed by atoms with E-state index >= 15 is 0 Å². The van der Waals surface area contributed by atoms with E-state index in [0.29, 0.717) is 36.2 Å². The van der Waals surface area contributed by atoms with Crippen molar-refractivity contribution in [1.29, 1.82) is 0 Å². The van der Waals surface area contributed by atoms with Crippen molar-refractivity contribution in [3.63, 3.8) is 0 Å². The van der Waals surface area contributed by atoms with E-state index in [1.807, 2.05) is 0 Å². The fourth-order valence-electron chi connectivity index (χ4n) is 3.32. The Morgan fingerprint density at radius 2 is 2.20 bits per heavy atom. The number of carbonyl (C=O) groups excluding carboxylic acids is 1. The highest BCUT2D eigenvalue weighted by Gasteiger charge is 2.21. The van der Waals surface area contributed by atoms with Gasteiger partial charge in [0.05, 0.1) is 18.9 Å². The molecule has 0 saturated heterocycles. The van der Waals surface area contributed by atoms with Crippen LogP contribution in [0, 0.1) is 5.92 Å². The van der Waals surface area contributed by atoms with Crippen LogP contribution in [-0.2, 0) is 23.1 Å². The van der Waals surface area contributed by atoms with Gasteiger partial charge in [-0.1, -0.05) is 19.8 Å². The highest BCUT2D eigenvalue weighted by Crippen LogP contribution is 2.25. The van der Waals surface area contributed by atoms with Gasteiger partial charge in [0.25, 0.3) is 5.56 Å². The predicted molar refractivity (Wildman–Crippen MR) is 93.2 cm³/mol. The number of hydrogen-bond acceptors (Lipinski definition) is 5. The first-order valence-corrected chi connectivity index (χ1v) is 8.81. The molecule has 0 radical (unpaired) electrons. The maximum absolute atomic E-state index is 12.3. The Hall–Kier alpha value is -2.22. The van der Waals surface area contributed by atoms with Crippen molar-refractivity contribution in [2.45, 2.75) is 45.3 Å². The van der Waals surface area contributed by atoms with Crippen molar-refractivity contribution in [2.75, 3.05) is 13.2 Å². The van der Waals surface area contributed by atoms with Crippen molar-refractivity contribution in [3.8, 4) is 0 Å². The van der Waals surface area contributed by atoms with Gasteiger partial charge < -0.3 is 10.1 Å². The Morgan fingerprint density at radius 3 is 3.00 bits per heavy atom. The van der Waals surface area contributed by atoms with E-state index in [-0.39, 0.29) is 18.0 Å². The van der Waals surface area contributed by atoms with Crippen molar-refractivity contribution in [3.05, 3.63) is 22.9 Å². The smallest absolute Gasteiger partial charge is 0.264 e. The first-order valence-electron chi connectivity index (χ1n) is 8.81. The van der Waals surface area contributed by atoms with Crippen molar-refractivity contribution in [2.24, 2.45) is 13.0 Å². The molecule has 3 rings (SSSR count). The molecule has 2 heterocycles. The molecule has 0 spiro atoms. The molecule has 2 aromatic rings. The van der Waals surface area contributed by atoms with E-state index in [2.05, 4.69) is 22.3 Å². The highest BCUT2D eigenvalue weighted by atomic mass is 16.5. The molecule has 0 aliphatic heterocycles. The predicted octanol–water partition coefficient (Wildman–Crippen LogP) is 0.841. The van der Waals surface area contributed by atoms with E-state index in [1.165, 1.54) is 41.0 Å². The van der Waals surface area contributed by atoms with Gasteiger partial charge >= 0.3 is 0 Å². The van der Waals surface area contributed by atoms with E-state index in [4.69, 9.17) is 4.74 Å². The second kappa shape index (κ2) is 7.77. The van der Waals surface area contributed by atoms with Crippen LogP contribution in [0.25, 0.3) is 11.0 Å². The molecule has 0 aromatic carbocycles. The molecule has 8 heteroatoms. The number of nitrogens with one attached hydrogen (secondary N) is 1. The van der Waals surface area contributed by atoms with E-state index < -0.39 is 0 Å². The standard InChI is InChI=1S/C17H25N5O3/c1-12-5-3-4-6-14(12)25-8-7-18-15(23)10-22-11-19-16-13(17(22)24)9-20-21(16)2/h9,11-12,14H,3-8,10H2,1-2H3,(H,18,23)/t12-,14-/m0/s1. The van der Waals surface area contributed by atoms with Gasteiger partial charge in [0, 0.05) is 13.6 Å². The van der Waals surface area contributed by atoms with Gasteiger partial charge in [-0.15, -0.1) is 0 Å². The molecule has 1 aliphatic carbocycles. The fraction of sp³-hybridized carbons (Fsp3) is 0.647. The van der Waals surface area contributed by atoms with Gasteiger partial charge in [0.15, 0.2) is 5.65 Å². The summed E-state index contributed by atoms with van der Waals surface area (Å²) in [5.41, 5.74) is 0.247. The summed E-state index contributed by atoms with van der Waals surface area (Å²) in [4.78, 5) is 28.5. The minimum absolute atomic E-state index is 0.0590. The van der Waals surface area contributed by atoms with Crippen LogP contribution in [0.5, 0.6) is 0 Å². The monoisotopic (exact) mass is 347 g/mol. The summed E-state index contributed by atoms with van der Waals surface area (Å²) in [5.74, 6) is 0.354. The van der Waals surface area contributed by atoms with Crippen LogP contribution >= 0.6 is 0 Å². The molecular formula is C17H25N5O3. The van der Waals surface area contributed by atoms with Crippen LogP contribution in [0.15, 0.2) is 17.3 Å². The van der Waals surface area contributed by atoms with Gasteiger partial charge in [0.1, 0.15) is 18.3 Å². The number of rotatable bonds is 6. The van der Waals surface area contributed by atoms with E-state index in [9.17, 15) is 9.59 Å². The molecule has 136 valence electrons. The summed E-state index contributed by atoms with van der Waals surface area (Å²) in [6.45, 7) is 3.10. The third-order valence-corrected chi connectivity index (χ3v) is 4.82. The number of aryl methyl sites for hydroxylation is 1. The molecule has 0 unspecified atom stereocenters. The van der Waals surface area contributed by atoms with Crippen LogP contribution in [-0.4, -0.2) is 44.5 Å². The SMILES string of the molecule is C[C@H]1CCCC[C@@H]1OCCNC(=O)Cn1cnc2c(cnn2C)c1=O. The van der Waals surface area contributed by atoms with Gasteiger partial charge in [-0.3, -0.25) is 18.8 Å². The first-order chi connectivity index (χ1) is 12.1. The normalized spacial score (nSPS) is 20.7. The average molecular weight is 347 g/mol. The number of hydrogen-bond donors (Lipinski definition) is 1. The molecule has 1 aliphatic rings. The summed E-state index contributed by atoms with van der Waals surface area (Å²) in [6.07, 6.45) is 7.95. The maximum Gasteiger partial charge on any atom is 0.264 e. The van der Waals surface area contributed by atoms with Crippen LogP contribution < -0.4 is 10.9 Å². The Labute approximate surface area is 146 Å². The van der Waals surface area contributed by atoms with Crippen LogP contribution in [0.1, 0.15) is 32.6 Å². The zero-order chi connectivity index (χ0) is 17.8. The zero-order valence-corrected chi connectivity index (χ0v) is 14.8. The lowest BCUT2D eigenvalue weighted by Crippen LogP contribution is -2.35. The molecule has 25 heavy (non-hydrogen) atoms. The van der Waals surface area contributed by atoms with Crippen LogP contribution in [0.2, 0.25) is 0 Å². The summed E-state index contributed by atoms with van der Waals surface area (Å²) < 4.78 is 8.70. The van der Waals surface area contributed by atoms with E-state index in [0.717, 1.165) is 6.42 Å². The lowest BCUT2D eigenvalue weighted by atomic mass is 9.88. The number of nitrogens with zero attached hydrogens (tertiary/aromatic N) is 4. The molecule has 1 amide bonds. The highest BCUT2D eigenvalue weighted by molar-refractivity contribution is 5.77. The minimum Gasteiger partial charge on any atom is -0.376 e. The molecule has 0 bridgehead atoms. The fourth-order valence-corrected chi connectivity index (χ4v) is 3.32. The van der Waals surface area contributed by atoms with Gasteiger partial charge in [-0.2, -0.15) is 5.10 Å². The third-order valence-electron chi connectivity index (χ3n) is 4.82. The molecular weight excluding hydrogens is 322 g/mol. The van der Waals surface area contributed by atoms with Crippen LogP contribution in [0.3, 0.4) is 0 Å². The second-order valence-corrected chi connectivity index (χ2v) is 6.70. The third kappa shape index (κ3) is 4.07. The summed E-state index contributed by atoms with van der Waals surface area (Å²) in [7, 11) is 1.72. The van der Waals surface area contributed by atoms with Gasteiger partial charge in [-0.05, 0) is 18.8 Å². The molecule has 1 N–H and O–H groups in total. The number of aromatic nitrogens is 4. The lowest BCUT2D eigenvalue weighted by Gasteiger charge is -2.28. The molecule has 1 fully saturated rings. The Morgan fingerprint density at radius 1 is 1.40 bits per heavy atom. The molecule has 2 atom stereocenters. The maximum atomic E-state index is 12.3. The average Bonchev–Trinajstić information content (AvgIpc) is 2.97. The van der Waals surface area contributed by atoms with Gasteiger partial charge in [-0.25, -0.2) is 4.98 Å². The van der Waals surface area contributed by atoms with E-state index in [1.54, 1.807) is 7.05 Å². The largest absolute Gasteiger partial charge is 0.376 e. The first kappa shape index (κ1) is 17.6. The molecule has 2 aromatic heterocycles. The molecule has 8 nitrogen and oxygen atoms in total. The number of ether oxygens (including phenoxy) is 1. The van der Waals surface area contributed by atoms with Gasteiger partial charge in [0.2, 0.25) is 5.91 Å². The minimum atomic E-state index is -0.263. The number of fused-ring (bicyclic) bond motifs is 1. The second-order valence-electron chi connectivity index (χ2n) is 6.70. The summed E-state index contributed by atoms with van der Waals surface area (Å²) in [6, 6.07) is 0. The number of amides is 1. The molecule has 1 saturated carbocycles. The van der Waals surface area contributed by atoms with Crippen LogP contribution in [0.4, 0.5) is 0 Å². The van der Waals surface area contributed by atoms with Crippen molar-refractivity contribution in [1.82, 2.24) is 24.6 Å². The lowest BCUT2D eigenvalue weighted by molar-refractivity contribution is -0.122. The Kier molecular flexibility index (Phi) is 5.47. The summed E-state index contributed by atoms with van der Waals surface area (Å²) >= 11 is 0. The zero-order valence-electron chi connectivity index (χ0n) is 14.8. The van der Waals surface area contributed by atoms with Crippen molar-refractivity contribution < 1.29 is 9.53 Å². The number of carbonyl (C=O) groups is 1. The summed E-state index contributed by atoms with van der Waals surface area (Å²) in [5, 5.41) is 7.22. The topological polar surface area (TPSA) is 91.0 Å². The Bertz CT molecular complexity index is 797.